The molecule has 0 saturated heterocycles. The predicted molar refractivity (Wildman–Crippen MR) is 40.6 cm³/mol. The van der Waals surface area contributed by atoms with Gasteiger partial charge in [-0.25, -0.2) is 8.78 Å². The second-order valence-electron chi connectivity index (χ2n) is 2.17. The number of benzene rings is 1. The van der Waals surface area contributed by atoms with Gasteiger partial charge in [-0.3, -0.25) is 0 Å². The van der Waals surface area contributed by atoms with Crippen molar-refractivity contribution in [1.82, 2.24) is 0 Å². The fourth-order valence-electron chi connectivity index (χ4n) is 0.902. The van der Waals surface area contributed by atoms with Crippen molar-refractivity contribution in [3.8, 4) is 0 Å². The van der Waals surface area contributed by atoms with E-state index in [1.165, 1.54) is 23.5 Å². The fourth-order valence-corrected chi connectivity index (χ4v) is 1.61. The molecule has 11 heavy (non-hydrogen) atoms. The Morgan fingerprint density at radius 2 is 1.91 bits per heavy atom. The summed E-state index contributed by atoms with van der Waals surface area (Å²) in [5.74, 6) is -1.60. The van der Waals surface area contributed by atoms with E-state index in [1.54, 1.807) is 6.07 Å². The van der Waals surface area contributed by atoms with E-state index in [2.05, 4.69) is 5.38 Å². The summed E-state index contributed by atoms with van der Waals surface area (Å²) in [4.78, 5) is 0. The molecule has 0 fully saturated rings. The quantitative estimate of drug-likeness (QED) is 0.568. The predicted octanol–water partition coefficient (Wildman–Crippen LogP) is 2.98. The van der Waals surface area contributed by atoms with E-state index in [0.717, 1.165) is 4.70 Å². The summed E-state index contributed by atoms with van der Waals surface area (Å²) in [6.45, 7) is 0. The topological polar surface area (TPSA) is 0 Å². The molecule has 1 radical (unpaired) electrons. The third-order valence-electron chi connectivity index (χ3n) is 1.44. The lowest BCUT2D eigenvalue weighted by molar-refractivity contribution is 0.511. The zero-order valence-corrected chi connectivity index (χ0v) is 6.21. The molecule has 0 N–H and O–H groups in total. The first-order valence-corrected chi connectivity index (χ1v) is 3.83. The number of rotatable bonds is 0. The second kappa shape index (κ2) is 2.27. The van der Waals surface area contributed by atoms with Gasteiger partial charge in [0.25, 0.3) is 0 Å². The second-order valence-corrected chi connectivity index (χ2v) is 3.05. The Morgan fingerprint density at radius 1 is 1.18 bits per heavy atom. The Balaban J connectivity index is 2.86. The van der Waals surface area contributed by atoms with Crippen LogP contribution in [0.15, 0.2) is 18.2 Å². The summed E-state index contributed by atoms with van der Waals surface area (Å²) < 4.78 is 25.8. The number of hydrogen-bond donors (Lipinski definition) is 0. The van der Waals surface area contributed by atoms with Crippen molar-refractivity contribution in [3.05, 3.63) is 35.2 Å². The Labute approximate surface area is 66.1 Å². The Bertz CT molecular complexity index is 356. The van der Waals surface area contributed by atoms with E-state index < -0.39 is 11.6 Å². The van der Waals surface area contributed by atoms with Crippen molar-refractivity contribution in [2.45, 2.75) is 0 Å². The smallest absolute Gasteiger partial charge is 0.160 e. The molecular weight excluding hydrogens is 166 g/mol. The maximum atomic E-state index is 12.5. The Hall–Kier alpha value is -0.960. The highest BCUT2D eigenvalue weighted by Crippen LogP contribution is 2.22. The summed E-state index contributed by atoms with van der Waals surface area (Å²) in [6.07, 6.45) is 0. The number of halogens is 2. The monoisotopic (exact) mass is 169 g/mol. The lowest BCUT2D eigenvalue weighted by Crippen LogP contribution is -1.79. The molecule has 1 aromatic carbocycles. The van der Waals surface area contributed by atoms with Crippen LogP contribution in [0.4, 0.5) is 8.78 Å². The zero-order valence-electron chi connectivity index (χ0n) is 5.40. The van der Waals surface area contributed by atoms with Gasteiger partial charge in [0.15, 0.2) is 11.6 Å². The SMILES string of the molecule is Fc1cc2c[c]sc2cc1F. The molecule has 0 unspecified atom stereocenters. The van der Waals surface area contributed by atoms with Gasteiger partial charge in [0.05, 0.1) is 0 Å². The summed E-state index contributed by atoms with van der Waals surface area (Å²) in [6, 6.07) is 4.01. The first-order chi connectivity index (χ1) is 5.27. The van der Waals surface area contributed by atoms with Crippen LogP contribution in [-0.4, -0.2) is 0 Å². The molecule has 1 aromatic heterocycles. The van der Waals surface area contributed by atoms with E-state index >= 15 is 0 Å². The maximum absolute atomic E-state index is 12.5. The van der Waals surface area contributed by atoms with Crippen LogP contribution >= 0.6 is 11.3 Å². The standard InChI is InChI=1S/C8H3F2S/c9-6-3-5-1-2-11-8(5)4-7(6)10/h1,3-4H. The van der Waals surface area contributed by atoms with Crippen LogP contribution in [0.2, 0.25) is 0 Å². The normalized spacial score (nSPS) is 10.7. The minimum Gasteiger partial charge on any atom is -0.204 e. The van der Waals surface area contributed by atoms with Crippen molar-refractivity contribution in [3.63, 3.8) is 0 Å². The highest BCUT2D eigenvalue weighted by Gasteiger charge is 2.03. The molecule has 2 aromatic rings. The summed E-state index contributed by atoms with van der Waals surface area (Å²) in [5.41, 5.74) is 0. The van der Waals surface area contributed by atoms with Crippen molar-refractivity contribution >= 4 is 21.4 Å². The average molecular weight is 169 g/mol. The van der Waals surface area contributed by atoms with E-state index in [-0.39, 0.29) is 0 Å². The lowest BCUT2D eigenvalue weighted by Gasteiger charge is -1.91. The van der Waals surface area contributed by atoms with Crippen molar-refractivity contribution in [1.29, 1.82) is 0 Å². The van der Waals surface area contributed by atoms with Crippen LogP contribution in [0.3, 0.4) is 0 Å². The maximum Gasteiger partial charge on any atom is 0.160 e. The van der Waals surface area contributed by atoms with Gasteiger partial charge < -0.3 is 0 Å². The van der Waals surface area contributed by atoms with Gasteiger partial charge in [-0.2, -0.15) is 0 Å². The molecule has 1 heterocycles. The number of thiophene rings is 1. The lowest BCUT2D eigenvalue weighted by atomic mass is 10.2. The van der Waals surface area contributed by atoms with Crippen LogP contribution in [-0.2, 0) is 0 Å². The first-order valence-electron chi connectivity index (χ1n) is 3.02. The van der Waals surface area contributed by atoms with E-state index in [9.17, 15) is 8.78 Å². The third-order valence-corrected chi connectivity index (χ3v) is 2.25. The van der Waals surface area contributed by atoms with Gasteiger partial charge in [-0.05, 0) is 23.6 Å². The van der Waals surface area contributed by atoms with Gasteiger partial charge in [0.1, 0.15) is 0 Å². The minimum absolute atomic E-state index is 0.703. The highest BCUT2D eigenvalue weighted by atomic mass is 32.1. The van der Waals surface area contributed by atoms with Crippen LogP contribution < -0.4 is 0 Å². The summed E-state index contributed by atoms with van der Waals surface area (Å²) >= 11 is 1.28. The number of hydrogen-bond acceptors (Lipinski definition) is 1. The fraction of sp³-hybridized carbons (Fsp3) is 0. The van der Waals surface area contributed by atoms with E-state index in [1.807, 2.05) is 0 Å². The molecule has 55 valence electrons. The largest absolute Gasteiger partial charge is 0.204 e. The van der Waals surface area contributed by atoms with Crippen LogP contribution in [0.5, 0.6) is 0 Å². The van der Waals surface area contributed by atoms with Gasteiger partial charge in [0.2, 0.25) is 0 Å². The molecule has 2 rings (SSSR count). The molecule has 0 amide bonds. The van der Waals surface area contributed by atoms with Crippen LogP contribution in [0.1, 0.15) is 0 Å². The van der Waals surface area contributed by atoms with Gasteiger partial charge in [0, 0.05) is 10.1 Å². The summed E-state index contributed by atoms with van der Waals surface area (Å²) in [5, 5.41) is 3.50. The number of fused-ring (bicyclic) bond motifs is 1. The Kier molecular flexibility index (Phi) is 1.39. The van der Waals surface area contributed by atoms with Gasteiger partial charge in [-0.1, -0.05) is 0 Å². The molecule has 0 aliphatic carbocycles. The molecule has 0 spiro atoms. The zero-order chi connectivity index (χ0) is 7.84. The molecule has 0 bridgehead atoms. The average Bonchev–Trinajstić information content (AvgIpc) is 2.36. The van der Waals surface area contributed by atoms with Crippen LogP contribution in [0.25, 0.3) is 10.1 Å². The summed E-state index contributed by atoms with van der Waals surface area (Å²) in [7, 11) is 0. The van der Waals surface area contributed by atoms with Crippen molar-refractivity contribution < 1.29 is 8.78 Å². The molecule has 0 aliphatic rings. The molecule has 3 heteroatoms. The molecule has 0 saturated carbocycles. The molecule has 0 nitrogen and oxygen atoms in total. The third kappa shape index (κ3) is 1.01. The van der Waals surface area contributed by atoms with Gasteiger partial charge >= 0.3 is 0 Å². The molecular formula is C8H3F2S. The first kappa shape index (κ1) is 6.73. The van der Waals surface area contributed by atoms with Crippen LogP contribution in [0, 0.1) is 17.0 Å². The van der Waals surface area contributed by atoms with E-state index in [4.69, 9.17) is 0 Å². The van der Waals surface area contributed by atoms with Gasteiger partial charge in [-0.15, -0.1) is 11.3 Å². The van der Waals surface area contributed by atoms with E-state index in [0.29, 0.717) is 5.39 Å². The minimum atomic E-state index is -0.802. The highest BCUT2D eigenvalue weighted by molar-refractivity contribution is 7.16. The van der Waals surface area contributed by atoms with Crippen molar-refractivity contribution in [2.75, 3.05) is 0 Å². The Morgan fingerprint density at radius 3 is 2.73 bits per heavy atom. The molecule has 0 atom stereocenters. The molecule has 0 aliphatic heterocycles. The van der Waals surface area contributed by atoms with Crippen molar-refractivity contribution in [2.24, 2.45) is 0 Å².